The SMILES string of the molecule is CCNC(=NCC(C)CN1CCOCC1)N(C)Cc1ccsc1. The average molecular weight is 339 g/mol. The molecule has 1 aliphatic heterocycles. The van der Waals surface area contributed by atoms with Crippen molar-refractivity contribution in [2.75, 3.05) is 53.0 Å². The fourth-order valence-electron chi connectivity index (χ4n) is 2.73. The zero-order valence-electron chi connectivity index (χ0n) is 14.6. The van der Waals surface area contributed by atoms with Crippen LogP contribution >= 0.6 is 11.3 Å². The quantitative estimate of drug-likeness (QED) is 0.611. The Hall–Kier alpha value is -1.11. The van der Waals surface area contributed by atoms with Crippen LogP contribution in [0.15, 0.2) is 21.8 Å². The number of thiophene rings is 1. The lowest BCUT2D eigenvalue weighted by Gasteiger charge is -2.29. The fourth-order valence-corrected chi connectivity index (χ4v) is 3.39. The standard InChI is InChI=1S/C17H30N4OS/c1-4-18-17(20(3)13-16-5-10-23-14-16)19-11-15(2)12-21-6-8-22-9-7-21/h5,10,14-15H,4,6-9,11-13H2,1-3H3,(H,18,19). The summed E-state index contributed by atoms with van der Waals surface area (Å²) in [5.74, 6) is 1.55. The topological polar surface area (TPSA) is 40.1 Å². The number of aliphatic imine (C=N–C) groups is 1. The van der Waals surface area contributed by atoms with E-state index in [2.05, 4.69) is 52.8 Å². The van der Waals surface area contributed by atoms with Gasteiger partial charge in [-0.3, -0.25) is 9.89 Å². The molecule has 0 radical (unpaired) electrons. The van der Waals surface area contributed by atoms with Gasteiger partial charge in [0.05, 0.1) is 13.2 Å². The third-order valence-electron chi connectivity index (χ3n) is 3.92. The van der Waals surface area contributed by atoms with Crippen LogP contribution in [0.4, 0.5) is 0 Å². The third-order valence-corrected chi connectivity index (χ3v) is 4.65. The molecule has 0 aromatic carbocycles. The molecule has 1 aliphatic rings. The van der Waals surface area contributed by atoms with E-state index in [1.807, 2.05) is 0 Å². The van der Waals surface area contributed by atoms with Crippen LogP contribution in [0, 0.1) is 5.92 Å². The second kappa shape index (κ2) is 9.90. The molecule has 0 bridgehead atoms. The number of nitrogens with one attached hydrogen (secondary N) is 1. The first-order chi connectivity index (χ1) is 11.2. The second-order valence-corrected chi connectivity index (χ2v) is 6.98. The second-order valence-electron chi connectivity index (χ2n) is 6.20. The van der Waals surface area contributed by atoms with E-state index in [0.717, 1.165) is 58.4 Å². The number of rotatable bonds is 7. The molecule has 1 aromatic rings. The van der Waals surface area contributed by atoms with E-state index in [9.17, 15) is 0 Å². The highest BCUT2D eigenvalue weighted by atomic mass is 32.1. The van der Waals surface area contributed by atoms with Crippen molar-refractivity contribution in [2.45, 2.75) is 20.4 Å². The monoisotopic (exact) mass is 338 g/mol. The Morgan fingerprint density at radius 2 is 2.26 bits per heavy atom. The molecule has 5 nitrogen and oxygen atoms in total. The smallest absolute Gasteiger partial charge is 0.193 e. The lowest BCUT2D eigenvalue weighted by molar-refractivity contribution is 0.0323. The number of nitrogens with zero attached hydrogens (tertiary/aromatic N) is 3. The molecule has 23 heavy (non-hydrogen) atoms. The maximum atomic E-state index is 5.41. The van der Waals surface area contributed by atoms with Crippen LogP contribution in [0.5, 0.6) is 0 Å². The Morgan fingerprint density at radius 3 is 2.91 bits per heavy atom. The predicted molar refractivity (Wildman–Crippen MR) is 98.2 cm³/mol. The van der Waals surface area contributed by atoms with Crippen LogP contribution in [-0.2, 0) is 11.3 Å². The van der Waals surface area contributed by atoms with Crippen molar-refractivity contribution in [3.8, 4) is 0 Å². The molecule has 0 spiro atoms. The van der Waals surface area contributed by atoms with Gasteiger partial charge < -0.3 is 15.0 Å². The lowest BCUT2D eigenvalue weighted by atomic mass is 10.1. The van der Waals surface area contributed by atoms with Gasteiger partial charge in [-0.2, -0.15) is 11.3 Å². The van der Waals surface area contributed by atoms with Gasteiger partial charge in [-0.1, -0.05) is 6.92 Å². The molecule has 1 saturated heterocycles. The minimum absolute atomic E-state index is 0.552. The van der Waals surface area contributed by atoms with Gasteiger partial charge in [-0.05, 0) is 35.2 Å². The van der Waals surface area contributed by atoms with Crippen molar-refractivity contribution in [1.29, 1.82) is 0 Å². The highest BCUT2D eigenvalue weighted by Gasteiger charge is 2.14. The van der Waals surface area contributed by atoms with Crippen molar-refractivity contribution in [3.63, 3.8) is 0 Å². The van der Waals surface area contributed by atoms with Crippen molar-refractivity contribution in [2.24, 2.45) is 10.9 Å². The number of hydrogen-bond donors (Lipinski definition) is 1. The Labute approximate surface area is 144 Å². The van der Waals surface area contributed by atoms with Gasteiger partial charge >= 0.3 is 0 Å². The molecule has 0 aliphatic carbocycles. The zero-order valence-corrected chi connectivity index (χ0v) is 15.4. The molecule has 1 fully saturated rings. The molecule has 1 unspecified atom stereocenters. The molecule has 0 saturated carbocycles. The number of morpholine rings is 1. The Kier molecular flexibility index (Phi) is 7.85. The van der Waals surface area contributed by atoms with Gasteiger partial charge in [-0.15, -0.1) is 0 Å². The molecule has 6 heteroatoms. The van der Waals surface area contributed by atoms with Crippen LogP contribution in [0.3, 0.4) is 0 Å². The first-order valence-electron chi connectivity index (χ1n) is 8.49. The van der Waals surface area contributed by atoms with Crippen LogP contribution in [0.25, 0.3) is 0 Å². The van der Waals surface area contributed by atoms with E-state index in [0.29, 0.717) is 5.92 Å². The van der Waals surface area contributed by atoms with E-state index in [1.54, 1.807) is 11.3 Å². The third kappa shape index (κ3) is 6.49. The van der Waals surface area contributed by atoms with Gasteiger partial charge in [0.1, 0.15) is 0 Å². The predicted octanol–water partition coefficient (Wildman–Crippen LogP) is 2.11. The van der Waals surface area contributed by atoms with Crippen molar-refractivity contribution < 1.29 is 4.74 Å². The number of hydrogen-bond acceptors (Lipinski definition) is 4. The molecule has 1 atom stereocenters. The molecule has 2 heterocycles. The first-order valence-corrected chi connectivity index (χ1v) is 9.44. The molecule has 1 N–H and O–H groups in total. The normalized spacial score (nSPS) is 18.0. The first kappa shape index (κ1) is 18.2. The summed E-state index contributed by atoms with van der Waals surface area (Å²) in [6, 6.07) is 2.17. The summed E-state index contributed by atoms with van der Waals surface area (Å²) < 4.78 is 5.41. The Bertz CT molecular complexity index is 457. The van der Waals surface area contributed by atoms with Gasteiger partial charge in [0.25, 0.3) is 0 Å². The van der Waals surface area contributed by atoms with E-state index >= 15 is 0 Å². The van der Waals surface area contributed by atoms with Gasteiger partial charge in [0, 0.05) is 46.3 Å². The van der Waals surface area contributed by atoms with Crippen LogP contribution in [0.1, 0.15) is 19.4 Å². The minimum atomic E-state index is 0.552. The molecule has 1 aromatic heterocycles. The molecule has 130 valence electrons. The minimum Gasteiger partial charge on any atom is -0.379 e. The summed E-state index contributed by atoms with van der Waals surface area (Å²) in [4.78, 5) is 9.52. The molecule has 0 amide bonds. The zero-order chi connectivity index (χ0) is 16.5. The summed E-state index contributed by atoms with van der Waals surface area (Å²) >= 11 is 1.74. The van der Waals surface area contributed by atoms with Gasteiger partial charge in [-0.25, -0.2) is 0 Å². The lowest BCUT2D eigenvalue weighted by Crippen LogP contribution is -2.40. The van der Waals surface area contributed by atoms with E-state index < -0.39 is 0 Å². The van der Waals surface area contributed by atoms with Crippen molar-refractivity contribution in [1.82, 2.24) is 15.1 Å². The van der Waals surface area contributed by atoms with E-state index in [1.165, 1.54) is 5.56 Å². The summed E-state index contributed by atoms with van der Waals surface area (Å²) in [6.45, 7) is 12.0. The maximum absolute atomic E-state index is 5.41. The highest BCUT2D eigenvalue weighted by Crippen LogP contribution is 2.09. The Morgan fingerprint density at radius 1 is 1.48 bits per heavy atom. The van der Waals surface area contributed by atoms with Crippen LogP contribution in [-0.4, -0.2) is 68.7 Å². The van der Waals surface area contributed by atoms with Crippen LogP contribution in [0.2, 0.25) is 0 Å². The summed E-state index contributed by atoms with van der Waals surface area (Å²) in [5.41, 5.74) is 1.34. The number of guanidine groups is 1. The summed E-state index contributed by atoms with van der Waals surface area (Å²) in [7, 11) is 2.10. The molecule has 2 rings (SSSR count). The number of ether oxygens (including phenoxy) is 1. The van der Waals surface area contributed by atoms with Crippen molar-refractivity contribution >= 4 is 17.3 Å². The van der Waals surface area contributed by atoms with Crippen LogP contribution < -0.4 is 5.32 Å². The highest BCUT2D eigenvalue weighted by molar-refractivity contribution is 7.07. The average Bonchev–Trinajstić information content (AvgIpc) is 3.05. The Balaban J connectivity index is 1.83. The van der Waals surface area contributed by atoms with E-state index in [4.69, 9.17) is 9.73 Å². The van der Waals surface area contributed by atoms with Crippen molar-refractivity contribution in [3.05, 3.63) is 22.4 Å². The summed E-state index contributed by atoms with van der Waals surface area (Å²) in [6.07, 6.45) is 0. The largest absolute Gasteiger partial charge is 0.379 e. The van der Waals surface area contributed by atoms with E-state index in [-0.39, 0.29) is 0 Å². The molecular weight excluding hydrogens is 308 g/mol. The summed E-state index contributed by atoms with van der Waals surface area (Å²) in [5, 5.41) is 7.72. The molecular formula is C17H30N4OS. The fraction of sp³-hybridized carbons (Fsp3) is 0.706. The maximum Gasteiger partial charge on any atom is 0.193 e. The van der Waals surface area contributed by atoms with Gasteiger partial charge in [0.15, 0.2) is 5.96 Å². The van der Waals surface area contributed by atoms with Gasteiger partial charge in [0.2, 0.25) is 0 Å².